The molecule has 0 unspecified atom stereocenters. The van der Waals surface area contributed by atoms with Crippen LogP contribution in [0.3, 0.4) is 0 Å². The number of nitrogens with one attached hydrogen (secondary N) is 1. The highest BCUT2D eigenvalue weighted by atomic mass is 35.5. The number of fused-ring (bicyclic) bond motifs is 1. The van der Waals surface area contributed by atoms with E-state index in [9.17, 15) is 13.2 Å². The van der Waals surface area contributed by atoms with Gasteiger partial charge in [-0.15, -0.1) is 0 Å². The van der Waals surface area contributed by atoms with Crippen LogP contribution in [0.4, 0.5) is 17.5 Å². The molecule has 8 nitrogen and oxygen atoms in total. The van der Waals surface area contributed by atoms with Crippen LogP contribution < -0.4 is 10.2 Å². The summed E-state index contributed by atoms with van der Waals surface area (Å²) < 4.78 is 25.7. The Morgan fingerprint density at radius 1 is 1.06 bits per heavy atom. The average Bonchev–Trinajstić information content (AvgIpc) is 2.74. The minimum Gasteiger partial charge on any atom is -0.478 e. The van der Waals surface area contributed by atoms with Gasteiger partial charge in [0.05, 0.1) is 17.0 Å². The summed E-state index contributed by atoms with van der Waals surface area (Å²) in [7, 11) is -3.52. The SMILES string of the molecule is O=C(O)c1ccc(Nc2nc(N3CC(c4ccc(Cl)cc4)C3)nc3c2S(=O)(=O)CCC3)cc1. The van der Waals surface area contributed by atoms with Gasteiger partial charge in [-0.3, -0.25) is 0 Å². The van der Waals surface area contributed by atoms with E-state index in [-0.39, 0.29) is 22.0 Å². The molecular formula is C23H21ClN4O4S. The van der Waals surface area contributed by atoms with E-state index >= 15 is 0 Å². The maximum Gasteiger partial charge on any atom is 0.335 e. The van der Waals surface area contributed by atoms with Crippen molar-refractivity contribution >= 4 is 44.9 Å². The van der Waals surface area contributed by atoms with Gasteiger partial charge in [-0.2, -0.15) is 4.98 Å². The Bertz CT molecular complexity index is 1320. The third-order valence-corrected chi connectivity index (χ3v) is 8.09. The van der Waals surface area contributed by atoms with E-state index < -0.39 is 15.8 Å². The average molecular weight is 485 g/mol. The Morgan fingerprint density at radius 3 is 2.42 bits per heavy atom. The molecule has 0 amide bonds. The molecule has 3 heterocycles. The zero-order valence-corrected chi connectivity index (χ0v) is 19.1. The number of anilines is 3. The molecule has 0 aliphatic carbocycles. The van der Waals surface area contributed by atoms with Crippen molar-refractivity contribution in [1.82, 2.24) is 9.97 Å². The van der Waals surface area contributed by atoms with Crippen LogP contribution in [0.25, 0.3) is 0 Å². The number of benzene rings is 2. The first-order valence-electron chi connectivity index (χ1n) is 10.5. The van der Waals surface area contributed by atoms with Gasteiger partial charge < -0.3 is 15.3 Å². The first-order chi connectivity index (χ1) is 15.8. The van der Waals surface area contributed by atoms with Gasteiger partial charge >= 0.3 is 5.97 Å². The van der Waals surface area contributed by atoms with Gasteiger partial charge in [-0.25, -0.2) is 18.2 Å². The van der Waals surface area contributed by atoms with Crippen LogP contribution >= 0.6 is 11.6 Å². The molecule has 2 aliphatic rings. The van der Waals surface area contributed by atoms with Crippen LogP contribution in [-0.2, 0) is 16.3 Å². The summed E-state index contributed by atoms with van der Waals surface area (Å²) >= 11 is 5.99. The smallest absolute Gasteiger partial charge is 0.335 e. The van der Waals surface area contributed by atoms with Crippen molar-refractivity contribution in [1.29, 1.82) is 0 Å². The van der Waals surface area contributed by atoms with Crippen molar-refractivity contribution in [2.75, 3.05) is 29.1 Å². The molecule has 0 atom stereocenters. The standard InChI is InChI=1S/C23H21ClN4O4S/c24-17-7-3-14(4-8-17)16-12-28(13-16)23-26-19-2-1-11-33(31,32)20(19)21(27-23)25-18-9-5-15(6-10-18)22(29)30/h3-10,16H,1-2,11-13H2,(H,29,30)(H,25,26,27). The van der Waals surface area contributed by atoms with Gasteiger partial charge in [0, 0.05) is 29.7 Å². The molecule has 0 bridgehead atoms. The molecule has 10 heteroatoms. The second-order valence-electron chi connectivity index (χ2n) is 8.23. The summed E-state index contributed by atoms with van der Waals surface area (Å²) in [6, 6.07) is 13.9. The number of aromatic carboxylic acids is 1. The summed E-state index contributed by atoms with van der Waals surface area (Å²) in [5.74, 6) is 0.0652. The molecule has 0 spiro atoms. The number of sulfone groups is 1. The van der Waals surface area contributed by atoms with Crippen LogP contribution in [0.2, 0.25) is 5.02 Å². The lowest BCUT2D eigenvalue weighted by Gasteiger charge is -2.40. The maximum absolute atomic E-state index is 12.8. The van der Waals surface area contributed by atoms with Crippen LogP contribution in [0.15, 0.2) is 53.4 Å². The summed E-state index contributed by atoms with van der Waals surface area (Å²) in [5, 5.41) is 12.9. The summed E-state index contributed by atoms with van der Waals surface area (Å²) in [4.78, 5) is 22.5. The lowest BCUT2D eigenvalue weighted by molar-refractivity contribution is 0.0697. The molecule has 5 rings (SSSR count). The molecule has 33 heavy (non-hydrogen) atoms. The Labute approximate surface area is 196 Å². The van der Waals surface area contributed by atoms with Gasteiger partial charge in [0.25, 0.3) is 0 Å². The Kier molecular flexibility index (Phi) is 5.46. The number of halogens is 1. The van der Waals surface area contributed by atoms with Crippen molar-refractivity contribution in [3.05, 3.63) is 70.4 Å². The second-order valence-corrected chi connectivity index (χ2v) is 10.7. The number of carboxylic acid groups (broad SMARTS) is 1. The van der Waals surface area contributed by atoms with E-state index in [1.807, 2.05) is 29.2 Å². The number of hydrogen-bond acceptors (Lipinski definition) is 7. The Hall–Kier alpha value is -3.17. The van der Waals surface area contributed by atoms with Crippen molar-refractivity contribution in [3.63, 3.8) is 0 Å². The highest BCUT2D eigenvalue weighted by Crippen LogP contribution is 2.36. The highest BCUT2D eigenvalue weighted by molar-refractivity contribution is 7.91. The number of nitrogens with zero attached hydrogens (tertiary/aromatic N) is 3. The zero-order valence-electron chi connectivity index (χ0n) is 17.5. The summed E-state index contributed by atoms with van der Waals surface area (Å²) in [6.45, 7) is 1.44. The fourth-order valence-electron chi connectivity index (χ4n) is 4.16. The zero-order chi connectivity index (χ0) is 23.2. The van der Waals surface area contributed by atoms with Gasteiger partial charge in [-0.1, -0.05) is 23.7 Å². The van der Waals surface area contributed by atoms with E-state index in [0.717, 1.165) is 13.1 Å². The number of rotatable bonds is 5. The molecule has 2 aliphatic heterocycles. The van der Waals surface area contributed by atoms with E-state index in [1.165, 1.54) is 17.7 Å². The topological polar surface area (TPSA) is 112 Å². The molecule has 0 saturated carbocycles. The Morgan fingerprint density at radius 2 is 1.76 bits per heavy atom. The number of carbonyl (C=O) groups is 1. The lowest BCUT2D eigenvalue weighted by atomic mass is 9.92. The van der Waals surface area contributed by atoms with Crippen LogP contribution in [0, 0.1) is 0 Å². The number of aryl methyl sites for hydroxylation is 1. The first-order valence-corrected chi connectivity index (χ1v) is 12.6. The van der Waals surface area contributed by atoms with E-state index in [0.29, 0.717) is 41.1 Å². The molecule has 2 N–H and O–H groups in total. The molecule has 0 radical (unpaired) electrons. The first kappa shape index (κ1) is 21.7. The molecule has 1 aromatic heterocycles. The number of carboxylic acids is 1. The van der Waals surface area contributed by atoms with E-state index in [4.69, 9.17) is 16.7 Å². The van der Waals surface area contributed by atoms with Crippen LogP contribution in [0.5, 0.6) is 0 Å². The van der Waals surface area contributed by atoms with Crippen molar-refractivity contribution in [2.24, 2.45) is 0 Å². The maximum atomic E-state index is 12.8. The third-order valence-electron chi connectivity index (χ3n) is 5.96. The summed E-state index contributed by atoms with van der Waals surface area (Å²) in [5.41, 5.74) is 2.40. The van der Waals surface area contributed by atoms with Crippen molar-refractivity contribution < 1.29 is 18.3 Å². The van der Waals surface area contributed by atoms with E-state index in [2.05, 4.69) is 15.3 Å². The van der Waals surface area contributed by atoms with Gasteiger partial charge in [0.1, 0.15) is 4.90 Å². The minimum atomic E-state index is -3.52. The van der Waals surface area contributed by atoms with Crippen LogP contribution in [0.1, 0.15) is 34.0 Å². The molecule has 3 aromatic rings. The predicted molar refractivity (Wildman–Crippen MR) is 125 cm³/mol. The van der Waals surface area contributed by atoms with Crippen molar-refractivity contribution in [2.45, 2.75) is 23.7 Å². The van der Waals surface area contributed by atoms with Crippen LogP contribution in [-0.4, -0.2) is 48.3 Å². The molecule has 2 aromatic carbocycles. The molecule has 170 valence electrons. The monoisotopic (exact) mass is 484 g/mol. The second kappa shape index (κ2) is 8.31. The van der Waals surface area contributed by atoms with Gasteiger partial charge in [0.15, 0.2) is 15.7 Å². The molecule has 1 fully saturated rings. The quantitative estimate of drug-likeness (QED) is 0.560. The number of aromatic nitrogens is 2. The minimum absolute atomic E-state index is 0.0533. The predicted octanol–water partition coefficient (Wildman–Crippen LogP) is 3.90. The van der Waals surface area contributed by atoms with E-state index in [1.54, 1.807) is 12.1 Å². The highest BCUT2D eigenvalue weighted by Gasteiger charge is 2.34. The molecular weight excluding hydrogens is 464 g/mol. The fraction of sp³-hybridized carbons (Fsp3) is 0.261. The van der Waals surface area contributed by atoms with Crippen molar-refractivity contribution in [3.8, 4) is 0 Å². The Balaban J connectivity index is 1.45. The summed E-state index contributed by atoms with van der Waals surface area (Å²) in [6.07, 6.45) is 1.08. The molecule has 1 saturated heterocycles. The third kappa shape index (κ3) is 4.26. The fourth-order valence-corrected chi connectivity index (χ4v) is 5.91. The normalized spacial score (nSPS) is 17.2. The number of hydrogen-bond donors (Lipinski definition) is 2. The van der Waals surface area contributed by atoms with Gasteiger partial charge in [-0.05, 0) is 54.8 Å². The van der Waals surface area contributed by atoms with Gasteiger partial charge in [0.2, 0.25) is 5.95 Å². The lowest BCUT2D eigenvalue weighted by Crippen LogP contribution is -2.46. The largest absolute Gasteiger partial charge is 0.478 e.